The number of hydrogen-bond acceptors (Lipinski definition) is 3. The minimum Gasteiger partial charge on any atom is -0.426 e. The molecule has 0 saturated heterocycles. The van der Waals surface area contributed by atoms with Crippen molar-refractivity contribution in [1.29, 1.82) is 0 Å². The Morgan fingerprint density at radius 3 is 2.40 bits per heavy atom. The average molecular weight is 379 g/mol. The van der Waals surface area contributed by atoms with Gasteiger partial charge in [0.1, 0.15) is 5.75 Å². The van der Waals surface area contributed by atoms with Gasteiger partial charge in [0.15, 0.2) is 5.50 Å². The second-order valence-electron chi connectivity index (χ2n) is 3.61. The Hall–Kier alpha value is -0.390. The Morgan fingerprint density at radius 2 is 1.90 bits per heavy atom. The van der Waals surface area contributed by atoms with E-state index in [2.05, 4.69) is 5.32 Å². The van der Waals surface area contributed by atoms with Crippen molar-refractivity contribution in [1.82, 2.24) is 5.32 Å². The number of alkyl halides is 4. The molecule has 0 aliphatic rings. The van der Waals surface area contributed by atoms with Crippen molar-refractivity contribution in [2.75, 3.05) is 0 Å². The SMILES string of the molecule is CC(=O)Oc1ccc(Cl)cc1C(=O)NC(Cl)C(Cl)(Cl)Cl. The molecule has 20 heavy (non-hydrogen) atoms. The van der Waals surface area contributed by atoms with Gasteiger partial charge in [0.25, 0.3) is 5.91 Å². The molecule has 1 rings (SSSR count). The summed E-state index contributed by atoms with van der Waals surface area (Å²) in [6.07, 6.45) is 0. The number of rotatable bonds is 3. The number of ether oxygens (including phenoxy) is 1. The van der Waals surface area contributed by atoms with Gasteiger partial charge in [0, 0.05) is 11.9 Å². The molecule has 1 amide bonds. The van der Waals surface area contributed by atoms with Crippen LogP contribution < -0.4 is 10.1 Å². The molecule has 1 N–H and O–H groups in total. The standard InChI is InChI=1S/C11H8Cl5NO3/c1-5(18)20-8-3-2-6(12)4-7(8)9(19)17-10(13)11(14,15)16/h2-4,10H,1H3,(H,17,19). The fourth-order valence-corrected chi connectivity index (χ4v) is 1.63. The van der Waals surface area contributed by atoms with Crippen LogP contribution in [0.1, 0.15) is 17.3 Å². The fourth-order valence-electron chi connectivity index (χ4n) is 1.20. The molecule has 9 heteroatoms. The minimum absolute atomic E-state index is 0.00685. The number of hydrogen-bond donors (Lipinski definition) is 1. The van der Waals surface area contributed by atoms with Gasteiger partial charge in [0.2, 0.25) is 3.79 Å². The molecule has 0 aliphatic heterocycles. The van der Waals surface area contributed by atoms with E-state index in [1.54, 1.807) is 0 Å². The third-order valence-electron chi connectivity index (χ3n) is 1.99. The van der Waals surface area contributed by atoms with Gasteiger partial charge in [-0.05, 0) is 18.2 Å². The molecular weight excluding hydrogens is 371 g/mol. The molecule has 0 fully saturated rings. The minimum atomic E-state index is -1.89. The molecule has 0 aliphatic carbocycles. The van der Waals surface area contributed by atoms with E-state index in [-0.39, 0.29) is 16.3 Å². The van der Waals surface area contributed by atoms with Gasteiger partial charge in [-0.1, -0.05) is 58.0 Å². The van der Waals surface area contributed by atoms with E-state index < -0.39 is 21.2 Å². The summed E-state index contributed by atoms with van der Waals surface area (Å²) in [5.74, 6) is -1.27. The normalized spacial score (nSPS) is 12.7. The second kappa shape index (κ2) is 7.05. The predicted molar refractivity (Wildman–Crippen MR) is 80.2 cm³/mol. The molecule has 0 radical (unpaired) electrons. The first kappa shape index (κ1) is 17.7. The Bertz CT molecular complexity index is 529. The van der Waals surface area contributed by atoms with Gasteiger partial charge >= 0.3 is 5.97 Å². The van der Waals surface area contributed by atoms with Gasteiger partial charge in [-0.15, -0.1) is 0 Å². The topological polar surface area (TPSA) is 55.4 Å². The third kappa shape index (κ3) is 5.19. The van der Waals surface area contributed by atoms with Crippen LogP contribution in [0.5, 0.6) is 5.75 Å². The third-order valence-corrected chi connectivity index (χ3v) is 3.65. The van der Waals surface area contributed by atoms with Crippen LogP contribution in [0.4, 0.5) is 0 Å². The van der Waals surface area contributed by atoms with Crippen LogP contribution in [0.15, 0.2) is 18.2 Å². The van der Waals surface area contributed by atoms with Gasteiger partial charge in [-0.2, -0.15) is 0 Å². The van der Waals surface area contributed by atoms with Crippen molar-refractivity contribution in [3.63, 3.8) is 0 Å². The maximum atomic E-state index is 12.0. The van der Waals surface area contributed by atoms with Gasteiger partial charge in [-0.25, -0.2) is 0 Å². The summed E-state index contributed by atoms with van der Waals surface area (Å²) in [5.41, 5.74) is -1.28. The summed E-state index contributed by atoms with van der Waals surface area (Å²) in [6.45, 7) is 1.20. The highest BCUT2D eigenvalue weighted by Gasteiger charge is 2.33. The molecule has 1 aromatic rings. The number of esters is 1. The fraction of sp³-hybridized carbons (Fsp3) is 0.273. The van der Waals surface area contributed by atoms with Gasteiger partial charge < -0.3 is 10.1 Å². The lowest BCUT2D eigenvalue weighted by Crippen LogP contribution is -2.39. The smallest absolute Gasteiger partial charge is 0.308 e. The second-order valence-corrected chi connectivity index (χ2v) is 6.85. The van der Waals surface area contributed by atoms with Gasteiger partial charge in [-0.3, -0.25) is 9.59 Å². The van der Waals surface area contributed by atoms with E-state index in [4.69, 9.17) is 62.7 Å². The quantitative estimate of drug-likeness (QED) is 0.375. The van der Waals surface area contributed by atoms with E-state index in [1.807, 2.05) is 0 Å². The highest BCUT2D eigenvalue weighted by atomic mass is 35.6. The van der Waals surface area contributed by atoms with E-state index >= 15 is 0 Å². The molecule has 1 atom stereocenters. The number of amides is 1. The summed E-state index contributed by atoms with van der Waals surface area (Å²) >= 11 is 28.2. The summed E-state index contributed by atoms with van der Waals surface area (Å²) in [6, 6.07) is 4.14. The van der Waals surface area contributed by atoms with E-state index in [9.17, 15) is 9.59 Å². The van der Waals surface area contributed by atoms with Crippen LogP contribution in [0.2, 0.25) is 5.02 Å². The van der Waals surface area contributed by atoms with Crippen molar-refractivity contribution in [3.8, 4) is 5.75 Å². The monoisotopic (exact) mass is 377 g/mol. The zero-order chi connectivity index (χ0) is 15.5. The zero-order valence-corrected chi connectivity index (χ0v) is 13.7. The number of halogens is 5. The predicted octanol–water partition coefficient (Wildman–Crippen LogP) is 3.93. The maximum absolute atomic E-state index is 12.0. The number of carbonyl (C=O) groups is 2. The maximum Gasteiger partial charge on any atom is 0.308 e. The number of benzene rings is 1. The molecule has 0 aromatic heterocycles. The van der Waals surface area contributed by atoms with Crippen LogP contribution in [0.3, 0.4) is 0 Å². The lowest BCUT2D eigenvalue weighted by molar-refractivity contribution is -0.131. The first-order valence-electron chi connectivity index (χ1n) is 5.11. The first-order valence-corrected chi connectivity index (χ1v) is 7.05. The van der Waals surface area contributed by atoms with E-state index in [0.29, 0.717) is 0 Å². The lowest BCUT2D eigenvalue weighted by Gasteiger charge is -2.19. The Balaban J connectivity index is 3.02. The molecular formula is C11H8Cl5NO3. The largest absolute Gasteiger partial charge is 0.426 e. The van der Waals surface area contributed by atoms with Crippen molar-refractivity contribution < 1.29 is 14.3 Å². The van der Waals surface area contributed by atoms with E-state index in [0.717, 1.165) is 0 Å². The van der Waals surface area contributed by atoms with Crippen molar-refractivity contribution in [3.05, 3.63) is 28.8 Å². The van der Waals surface area contributed by atoms with Gasteiger partial charge in [0.05, 0.1) is 5.56 Å². The van der Waals surface area contributed by atoms with Crippen molar-refractivity contribution in [2.45, 2.75) is 16.2 Å². The highest BCUT2D eigenvalue weighted by molar-refractivity contribution is 6.70. The van der Waals surface area contributed by atoms with Crippen LogP contribution >= 0.6 is 58.0 Å². The Morgan fingerprint density at radius 1 is 1.30 bits per heavy atom. The lowest BCUT2D eigenvalue weighted by atomic mass is 10.2. The van der Waals surface area contributed by atoms with Crippen LogP contribution in [-0.4, -0.2) is 21.2 Å². The summed E-state index contributed by atoms with van der Waals surface area (Å²) in [5, 5.41) is 2.53. The molecule has 0 bridgehead atoms. The molecule has 1 aromatic carbocycles. The molecule has 0 heterocycles. The van der Waals surface area contributed by atoms with Crippen LogP contribution in [0, 0.1) is 0 Å². The van der Waals surface area contributed by atoms with Crippen LogP contribution in [-0.2, 0) is 4.79 Å². The molecule has 110 valence electrons. The summed E-state index contributed by atoms with van der Waals surface area (Å²) in [7, 11) is 0. The van der Waals surface area contributed by atoms with Crippen LogP contribution in [0.25, 0.3) is 0 Å². The molecule has 0 saturated carbocycles. The van der Waals surface area contributed by atoms with Crippen molar-refractivity contribution >= 4 is 69.9 Å². The Labute approximate surface area is 140 Å². The first-order chi connectivity index (χ1) is 9.11. The van der Waals surface area contributed by atoms with E-state index in [1.165, 1.54) is 25.1 Å². The Kier molecular flexibility index (Phi) is 6.23. The zero-order valence-electron chi connectivity index (χ0n) is 9.92. The number of nitrogens with one attached hydrogen (secondary N) is 1. The average Bonchev–Trinajstić information content (AvgIpc) is 2.29. The molecule has 0 spiro atoms. The molecule has 4 nitrogen and oxygen atoms in total. The summed E-state index contributed by atoms with van der Waals surface area (Å²) in [4.78, 5) is 23.0. The van der Waals surface area contributed by atoms with Crippen molar-refractivity contribution in [2.24, 2.45) is 0 Å². The summed E-state index contributed by atoms with van der Waals surface area (Å²) < 4.78 is 3.00. The number of carbonyl (C=O) groups excluding carboxylic acids is 2. The highest BCUT2D eigenvalue weighted by Crippen LogP contribution is 2.33. The molecule has 1 unspecified atom stereocenters.